The van der Waals surface area contributed by atoms with Crippen LogP contribution < -0.4 is 9.79 Å². The molecule has 0 bridgehead atoms. The van der Waals surface area contributed by atoms with Gasteiger partial charge in [0, 0.05) is 13.0 Å². The summed E-state index contributed by atoms with van der Waals surface area (Å²) in [4.78, 5) is 39.9. The molecular weight excluding hydrogens is 272 g/mol. The van der Waals surface area contributed by atoms with Gasteiger partial charge < -0.3 is 38.7 Å². The number of rotatable bonds is 5. The van der Waals surface area contributed by atoms with Crippen molar-refractivity contribution < 1.29 is 33.8 Å². The Morgan fingerprint density at radius 1 is 1.19 bits per heavy atom. The Balaban J connectivity index is 0. The molecule has 11 heteroatoms. The number of hydrogen-bond donors (Lipinski definition) is 3. The van der Waals surface area contributed by atoms with E-state index >= 15 is 0 Å². The molecule has 0 saturated carbocycles. The summed E-state index contributed by atoms with van der Waals surface area (Å²) in [5.41, 5.74) is 0. The van der Waals surface area contributed by atoms with E-state index < -0.39 is 26.7 Å². The molecule has 0 aromatic carbocycles. The van der Waals surface area contributed by atoms with E-state index in [1.54, 1.807) is 0 Å². The largest absolute Gasteiger partial charge is 2.00 e. The molecular formula is C5H13MgNO7P2. The third-order valence-electron chi connectivity index (χ3n) is 1.80. The molecule has 0 radical (unpaired) electrons. The van der Waals surface area contributed by atoms with Crippen LogP contribution in [-0.4, -0.2) is 68.6 Å². The average Bonchev–Trinajstić information content (AvgIpc) is 1.95. The van der Waals surface area contributed by atoms with Crippen LogP contribution in [0, 0.1) is 0 Å². The van der Waals surface area contributed by atoms with Crippen molar-refractivity contribution in [3.63, 3.8) is 0 Å². The molecule has 0 aromatic rings. The van der Waals surface area contributed by atoms with Crippen LogP contribution in [0.15, 0.2) is 0 Å². The van der Waals surface area contributed by atoms with Crippen molar-refractivity contribution in [3.8, 4) is 0 Å². The second-order valence-corrected chi connectivity index (χ2v) is 7.28. The topological polar surface area (TPSA) is 144 Å². The molecule has 16 heavy (non-hydrogen) atoms. The van der Waals surface area contributed by atoms with Crippen LogP contribution in [-0.2, 0) is 9.13 Å². The van der Waals surface area contributed by atoms with Gasteiger partial charge in [0.2, 0.25) is 0 Å². The van der Waals surface area contributed by atoms with E-state index in [4.69, 9.17) is 9.79 Å². The summed E-state index contributed by atoms with van der Waals surface area (Å²) < 4.78 is 21.4. The van der Waals surface area contributed by atoms with Gasteiger partial charge in [0.1, 0.15) is 0 Å². The van der Waals surface area contributed by atoms with Crippen LogP contribution >= 0.6 is 15.2 Å². The molecule has 0 heterocycles. The number of aliphatic hydroxyl groups is 1. The van der Waals surface area contributed by atoms with Crippen LogP contribution in [0.5, 0.6) is 0 Å². The molecule has 0 rings (SSSR count). The Labute approximate surface area is 109 Å². The number of nitrogens with zero attached hydrogens (tertiary/aromatic N) is 1. The molecule has 0 aliphatic heterocycles. The maximum atomic E-state index is 10.7. The molecule has 8 nitrogen and oxygen atoms in total. The quantitative estimate of drug-likeness (QED) is 0.365. The molecule has 0 saturated heterocycles. The Bertz CT molecular complexity index is 288. The molecule has 0 fully saturated rings. The summed E-state index contributed by atoms with van der Waals surface area (Å²) in [6.45, 7) is -0.143. The first-order valence-corrected chi connectivity index (χ1v) is 7.02. The van der Waals surface area contributed by atoms with Crippen molar-refractivity contribution in [3.05, 3.63) is 0 Å². The normalized spacial score (nSPS) is 22.8. The maximum absolute atomic E-state index is 10.7. The van der Waals surface area contributed by atoms with E-state index in [1.165, 1.54) is 19.0 Å². The minimum Gasteiger partial charge on any atom is -0.776 e. The van der Waals surface area contributed by atoms with Crippen LogP contribution in [0.2, 0.25) is 0 Å². The van der Waals surface area contributed by atoms with Crippen LogP contribution in [0.4, 0.5) is 0 Å². The standard InChI is InChI=1S/C5H15NO7P2.Mg/c1-6(2)4-3-5(7,14(8,9)10)15(11,12)13;/h7H,3-4H2,1-2H3,(H2,8,9,10)(H2,11,12,13);/q;+2/p-2. The first-order chi connectivity index (χ1) is 6.42. The SMILES string of the molecule is CN(C)CCC(O)(P(=O)([O-])O)P(=O)([O-])O.[Mg+2]. The minimum absolute atomic E-state index is 0. The Morgan fingerprint density at radius 2 is 1.50 bits per heavy atom. The zero-order chi connectivity index (χ0) is 12.5. The van der Waals surface area contributed by atoms with Crippen molar-refractivity contribution in [1.29, 1.82) is 0 Å². The van der Waals surface area contributed by atoms with Gasteiger partial charge >= 0.3 is 23.1 Å². The first-order valence-electron chi connectivity index (χ1n) is 3.87. The van der Waals surface area contributed by atoms with Crippen molar-refractivity contribution in [2.45, 2.75) is 11.5 Å². The maximum Gasteiger partial charge on any atom is 2.00 e. The van der Waals surface area contributed by atoms with Gasteiger partial charge in [-0.15, -0.1) is 0 Å². The van der Waals surface area contributed by atoms with Gasteiger partial charge in [-0.3, -0.25) is 0 Å². The molecule has 3 N–H and O–H groups in total. The third-order valence-corrected chi connectivity index (χ3v) is 5.57. The Kier molecular flexibility index (Phi) is 7.54. The molecule has 0 aliphatic rings. The predicted octanol–water partition coefficient (Wildman–Crippen LogP) is -2.71. The van der Waals surface area contributed by atoms with Crippen molar-refractivity contribution in [1.82, 2.24) is 4.90 Å². The second-order valence-electron chi connectivity index (χ2n) is 3.37. The fourth-order valence-electron chi connectivity index (χ4n) is 0.816. The van der Waals surface area contributed by atoms with E-state index in [2.05, 4.69) is 0 Å². The van der Waals surface area contributed by atoms with E-state index in [1.807, 2.05) is 0 Å². The summed E-state index contributed by atoms with van der Waals surface area (Å²) in [7, 11) is -8.22. The third kappa shape index (κ3) is 4.70. The fraction of sp³-hybridized carbons (Fsp3) is 1.00. The monoisotopic (exact) mass is 285 g/mol. The summed E-state index contributed by atoms with van der Waals surface area (Å²) >= 11 is 0. The zero-order valence-corrected chi connectivity index (χ0v) is 12.1. The molecule has 0 aliphatic carbocycles. The van der Waals surface area contributed by atoms with E-state index in [0.29, 0.717) is 0 Å². The van der Waals surface area contributed by atoms with Crippen molar-refractivity contribution in [2.75, 3.05) is 20.6 Å². The van der Waals surface area contributed by atoms with Crippen LogP contribution in [0.3, 0.4) is 0 Å². The van der Waals surface area contributed by atoms with Gasteiger partial charge in [-0.2, -0.15) is 0 Å². The van der Waals surface area contributed by atoms with Crippen LogP contribution in [0.25, 0.3) is 0 Å². The van der Waals surface area contributed by atoms with Crippen molar-refractivity contribution >= 4 is 38.2 Å². The summed E-state index contributed by atoms with van der Waals surface area (Å²) in [6, 6.07) is 0. The molecule has 0 amide bonds. The molecule has 2 unspecified atom stereocenters. The molecule has 0 aromatic heterocycles. The van der Waals surface area contributed by atoms with Gasteiger partial charge in [-0.1, -0.05) is 0 Å². The Morgan fingerprint density at radius 3 is 1.69 bits per heavy atom. The van der Waals surface area contributed by atoms with Crippen molar-refractivity contribution in [2.24, 2.45) is 0 Å². The Hall–Kier alpha value is 0.986. The van der Waals surface area contributed by atoms with Gasteiger partial charge in [0.25, 0.3) is 0 Å². The van der Waals surface area contributed by atoms with Gasteiger partial charge in [0.05, 0.1) is 0 Å². The molecule has 2 atom stereocenters. The van der Waals surface area contributed by atoms with E-state index in [9.17, 15) is 24.0 Å². The van der Waals surface area contributed by atoms with Crippen LogP contribution in [0.1, 0.15) is 6.42 Å². The summed E-state index contributed by atoms with van der Waals surface area (Å²) in [6.07, 6.45) is -0.839. The minimum atomic E-state index is -5.61. The van der Waals surface area contributed by atoms with Gasteiger partial charge in [-0.05, 0) is 14.1 Å². The summed E-state index contributed by atoms with van der Waals surface area (Å²) in [5.74, 6) is 0. The van der Waals surface area contributed by atoms with E-state index in [0.717, 1.165) is 0 Å². The smallest absolute Gasteiger partial charge is 0.776 e. The summed E-state index contributed by atoms with van der Waals surface area (Å²) in [5, 5.41) is 5.73. The average molecular weight is 285 g/mol. The predicted molar refractivity (Wildman–Crippen MR) is 53.5 cm³/mol. The zero-order valence-electron chi connectivity index (χ0n) is 8.94. The number of hydrogen-bond acceptors (Lipinski definition) is 6. The first kappa shape index (κ1) is 19.3. The van der Waals surface area contributed by atoms with E-state index in [-0.39, 0.29) is 29.6 Å². The van der Waals surface area contributed by atoms with Gasteiger partial charge in [0.15, 0.2) is 20.3 Å². The van der Waals surface area contributed by atoms with Gasteiger partial charge in [-0.25, -0.2) is 0 Å². The molecule has 0 spiro atoms. The molecule has 92 valence electrons. The second kappa shape index (κ2) is 6.24. The fourth-order valence-corrected chi connectivity index (χ4v) is 2.86.